The molecule has 0 spiro atoms. The summed E-state index contributed by atoms with van der Waals surface area (Å²) < 4.78 is 18.5. The van der Waals surface area contributed by atoms with Crippen molar-refractivity contribution in [1.29, 1.82) is 0 Å². The molecule has 0 aliphatic carbocycles. The lowest BCUT2D eigenvalue weighted by molar-refractivity contribution is 0.0482. The average molecular weight is 349 g/mol. The Labute approximate surface area is 142 Å². The fourth-order valence-electron chi connectivity index (χ4n) is 2.01. The summed E-state index contributed by atoms with van der Waals surface area (Å²) in [6.07, 6.45) is 6.09. The minimum absolute atomic E-state index is 0.0273. The van der Waals surface area contributed by atoms with Crippen molar-refractivity contribution in [3.63, 3.8) is 0 Å². The molecule has 23 heavy (non-hydrogen) atoms. The van der Waals surface area contributed by atoms with Gasteiger partial charge in [0, 0.05) is 31.9 Å². The quantitative estimate of drug-likeness (QED) is 0.351. The molecule has 7 heteroatoms. The lowest BCUT2D eigenvalue weighted by atomic mass is 10.4. The zero-order valence-corrected chi connectivity index (χ0v) is 16.4. The summed E-state index contributed by atoms with van der Waals surface area (Å²) in [5, 5.41) is 2.66. The summed E-state index contributed by atoms with van der Waals surface area (Å²) in [6.45, 7) is 10.7. The molecule has 0 radical (unpaired) electrons. The van der Waals surface area contributed by atoms with Gasteiger partial charge in [0.05, 0.1) is 0 Å². The maximum Gasteiger partial charge on any atom is 0.505 e. The summed E-state index contributed by atoms with van der Waals surface area (Å²) in [7, 11) is -2.85. The van der Waals surface area contributed by atoms with E-state index in [1.807, 2.05) is 6.92 Å². The van der Waals surface area contributed by atoms with E-state index >= 15 is 0 Å². The van der Waals surface area contributed by atoms with Crippen LogP contribution in [0.1, 0.15) is 66.2 Å². The first kappa shape index (κ1) is 22.4. The van der Waals surface area contributed by atoms with Gasteiger partial charge in [-0.05, 0) is 19.3 Å². The van der Waals surface area contributed by atoms with Crippen molar-refractivity contribution in [1.82, 2.24) is 5.32 Å². The van der Waals surface area contributed by atoms with Crippen molar-refractivity contribution in [3.8, 4) is 0 Å². The molecule has 0 heterocycles. The average Bonchev–Trinajstić information content (AvgIpc) is 2.52. The second-order valence-corrected chi connectivity index (χ2v) is 8.91. The number of unbranched alkanes of at least 4 members (excludes halogenated alkanes) is 3. The van der Waals surface area contributed by atoms with E-state index in [4.69, 9.17) is 19.0 Å². The van der Waals surface area contributed by atoms with Gasteiger partial charge in [0.15, 0.2) is 0 Å². The predicted octanol–water partition coefficient (Wildman–Crippen LogP) is 3.43. The fourth-order valence-corrected chi connectivity index (χ4v) is 4.75. The molecule has 0 aromatic heterocycles. The molecule has 0 aromatic rings. The number of primary amides is 1. The maximum absolute atomic E-state index is 11.0. The third-order valence-electron chi connectivity index (χ3n) is 3.59. The summed E-state index contributed by atoms with van der Waals surface area (Å²) >= 11 is 0. The number of carbonyl (C=O) groups excluding carboxylic acids is 1. The molecule has 0 aliphatic rings. The standard InChI is InChI=1S/C16H36N2O4Si/c1-5-8-11-20-23(21-12-9-6-2,22-13-10-7-3)15(4)14-18-16(17)19/h15H,5-14H2,1-4H3,(H3,17,18,19). The van der Waals surface area contributed by atoms with E-state index in [-0.39, 0.29) is 5.54 Å². The topological polar surface area (TPSA) is 82.8 Å². The van der Waals surface area contributed by atoms with Crippen molar-refractivity contribution in [2.75, 3.05) is 26.4 Å². The van der Waals surface area contributed by atoms with E-state index < -0.39 is 14.8 Å². The van der Waals surface area contributed by atoms with Gasteiger partial charge in [-0.15, -0.1) is 0 Å². The number of carbonyl (C=O) groups is 1. The van der Waals surface area contributed by atoms with Gasteiger partial charge in [0.2, 0.25) is 0 Å². The molecule has 0 fully saturated rings. The van der Waals surface area contributed by atoms with Gasteiger partial charge in [-0.1, -0.05) is 47.0 Å². The lowest BCUT2D eigenvalue weighted by Crippen LogP contribution is -2.53. The van der Waals surface area contributed by atoms with Crippen LogP contribution < -0.4 is 11.1 Å². The Kier molecular flexibility index (Phi) is 13.4. The van der Waals surface area contributed by atoms with Crippen LogP contribution in [-0.2, 0) is 13.3 Å². The Hall–Kier alpha value is -0.633. The molecule has 0 aliphatic heterocycles. The molecule has 0 saturated heterocycles. The number of nitrogens with one attached hydrogen (secondary N) is 1. The monoisotopic (exact) mass is 348 g/mol. The lowest BCUT2D eigenvalue weighted by Gasteiger charge is -2.34. The molecule has 1 atom stereocenters. The van der Waals surface area contributed by atoms with Gasteiger partial charge in [0.25, 0.3) is 0 Å². The highest BCUT2D eigenvalue weighted by molar-refractivity contribution is 6.62. The van der Waals surface area contributed by atoms with Crippen LogP contribution in [0.4, 0.5) is 4.79 Å². The van der Waals surface area contributed by atoms with Crippen molar-refractivity contribution in [2.24, 2.45) is 5.73 Å². The van der Waals surface area contributed by atoms with E-state index in [1.165, 1.54) is 0 Å². The Morgan fingerprint density at radius 1 is 0.957 bits per heavy atom. The minimum atomic E-state index is -2.85. The smallest absolute Gasteiger partial charge is 0.373 e. The molecule has 2 amide bonds. The summed E-state index contributed by atoms with van der Waals surface area (Å²) in [4.78, 5) is 11.0. The highest BCUT2D eigenvalue weighted by Gasteiger charge is 2.47. The highest BCUT2D eigenvalue weighted by Crippen LogP contribution is 2.26. The molecule has 0 aromatic carbocycles. The third-order valence-corrected chi connectivity index (χ3v) is 6.82. The SMILES string of the molecule is CCCCO[Si](OCCCC)(OCCCC)C(C)CNC(N)=O. The Morgan fingerprint density at radius 3 is 1.65 bits per heavy atom. The first-order chi connectivity index (χ1) is 11.0. The molecule has 138 valence electrons. The van der Waals surface area contributed by atoms with Crippen molar-refractivity contribution in [2.45, 2.75) is 71.8 Å². The Balaban J connectivity index is 4.94. The number of urea groups is 1. The second kappa shape index (κ2) is 13.8. The van der Waals surface area contributed by atoms with Gasteiger partial charge in [-0.25, -0.2) is 4.79 Å². The second-order valence-electron chi connectivity index (χ2n) is 5.86. The molecule has 0 saturated carbocycles. The third kappa shape index (κ3) is 9.96. The van der Waals surface area contributed by atoms with Crippen LogP contribution in [-0.4, -0.2) is 41.2 Å². The molecule has 6 nitrogen and oxygen atoms in total. The van der Waals surface area contributed by atoms with Crippen LogP contribution in [0.5, 0.6) is 0 Å². The molecule has 1 unspecified atom stereocenters. The predicted molar refractivity (Wildman–Crippen MR) is 95.3 cm³/mol. The van der Waals surface area contributed by atoms with E-state index in [0.717, 1.165) is 38.5 Å². The first-order valence-corrected chi connectivity index (χ1v) is 10.8. The number of rotatable bonds is 15. The van der Waals surface area contributed by atoms with Crippen molar-refractivity contribution < 1.29 is 18.1 Å². The van der Waals surface area contributed by atoms with Gasteiger partial charge in [-0.2, -0.15) is 0 Å². The van der Waals surface area contributed by atoms with E-state index in [9.17, 15) is 4.79 Å². The largest absolute Gasteiger partial charge is 0.505 e. The number of hydrogen-bond donors (Lipinski definition) is 2. The molecule has 0 bridgehead atoms. The number of amides is 2. The summed E-state index contributed by atoms with van der Waals surface area (Å²) in [5.41, 5.74) is 5.16. The zero-order valence-electron chi connectivity index (χ0n) is 15.4. The molecule has 3 N–H and O–H groups in total. The zero-order chi connectivity index (χ0) is 17.6. The van der Waals surface area contributed by atoms with Gasteiger partial charge >= 0.3 is 14.8 Å². The molecular formula is C16H36N2O4Si. The van der Waals surface area contributed by atoms with Crippen LogP contribution in [0.3, 0.4) is 0 Å². The van der Waals surface area contributed by atoms with E-state index in [1.54, 1.807) is 0 Å². The van der Waals surface area contributed by atoms with Gasteiger partial charge < -0.3 is 24.3 Å². The van der Waals surface area contributed by atoms with E-state index in [0.29, 0.717) is 26.4 Å². The van der Waals surface area contributed by atoms with Gasteiger partial charge in [0.1, 0.15) is 0 Å². The minimum Gasteiger partial charge on any atom is -0.373 e. The Morgan fingerprint density at radius 2 is 1.35 bits per heavy atom. The maximum atomic E-state index is 11.0. The van der Waals surface area contributed by atoms with Crippen molar-refractivity contribution in [3.05, 3.63) is 0 Å². The number of hydrogen-bond acceptors (Lipinski definition) is 4. The van der Waals surface area contributed by atoms with E-state index in [2.05, 4.69) is 26.1 Å². The summed E-state index contributed by atoms with van der Waals surface area (Å²) in [5.74, 6) is 0. The van der Waals surface area contributed by atoms with Crippen LogP contribution in [0.15, 0.2) is 0 Å². The van der Waals surface area contributed by atoms with Crippen LogP contribution in [0.25, 0.3) is 0 Å². The summed E-state index contributed by atoms with van der Waals surface area (Å²) in [6, 6.07) is -0.532. The van der Waals surface area contributed by atoms with Crippen LogP contribution in [0.2, 0.25) is 5.54 Å². The van der Waals surface area contributed by atoms with Crippen molar-refractivity contribution >= 4 is 14.8 Å². The van der Waals surface area contributed by atoms with Crippen LogP contribution in [0, 0.1) is 0 Å². The normalized spacial score (nSPS) is 13.0. The molecular weight excluding hydrogens is 312 g/mol. The van der Waals surface area contributed by atoms with Crippen LogP contribution >= 0.6 is 0 Å². The fraction of sp³-hybridized carbons (Fsp3) is 0.938. The number of nitrogens with two attached hydrogens (primary N) is 1. The molecule has 0 rings (SSSR count). The highest BCUT2D eigenvalue weighted by atomic mass is 28.4. The first-order valence-electron chi connectivity index (χ1n) is 8.97. The Bertz CT molecular complexity index is 279. The van der Waals surface area contributed by atoms with Gasteiger partial charge in [-0.3, -0.25) is 0 Å².